The number of allylic oxidation sites excluding steroid dienone is 2. The zero-order valence-corrected chi connectivity index (χ0v) is 6.72. The van der Waals surface area contributed by atoms with E-state index in [0.717, 1.165) is 18.5 Å². The minimum atomic E-state index is 0.947. The minimum Gasteiger partial charge on any atom is -0.0880 e. The standard InChI is InChI=1S/C9H15B/c1-10-6-8-3-2-4-9(5-8)7-10/h2-3,8-9H,4-7H2,1H3. The van der Waals surface area contributed by atoms with Crippen molar-refractivity contribution in [3.05, 3.63) is 12.2 Å². The van der Waals surface area contributed by atoms with E-state index in [4.69, 9.17) is 0 Å². The van der Waals surface area contributed by atoms with Gasteiger partial charge in [0.1, 0.15) is 6.71 Å². The molecule has 0 nitrogen and oxygen atoms in total. The molecule has 0 radical (unpaired) electrons. The summed E-state index contributed by atoms with van der Waals surface area (Å²) in [5.41, 5.74) is 0. The Morgan fingerprint density at radius 1 is 1.40 bits per heavy atom. The molecule has 1 saturated heterocycles. The second-order valence-electron chi connectivity index (χ2n) is 4.10. The highest BCUT2D eigenvalue weighted by Gasteiger charge is 2.28. The Kier molecular flexibility index (Phi) is 1.59. The summed E-state index contributed by atoms with van der Waals surface area (Å²) in [5.74, 6) is 1.99. The van der Waals surface area contributed by atoms with Gasteiger partial charge in [0.25, 0.3) is 0 Å². The normalized spacial score (nSPS) is 38.3. The molecule has 1 aliphatic heterocycles. The third-order valence-electron chi connectivity index (χ3n) is 2.95. The summed E-state index contributed by atoms with van der Waals surface area (Å²) in [7, 11) is 0. The van der Waals surface area contributed by atoms with E-state index in [-0.39, 0.29) is 0 Å². The molecule has 0 spiro atoms. The van der Waals surface area contributed by atoms with Crippen molar-refractivity contribution in [2.45, 2.75) is 32.3 Å². The van der Waals surface area contributed by atoms with Crippen LogP contribution in [0.25, 0.3) is 0 Å². The van der Waals surface area contributed by atoms with Crippen LogP contribution in [0.5, 0.6) is 0 Å². The Morgan fingerprint density at radius 2 is 2.30 bits per heavy atom. The Bertz CT molecular complexity index is 151. The van der Waals surface area contributed by atoms with Crippen molar-refractivity contribution in [3.63, 3.8) is 0 Å². The molecular weight excluding hydrogens is 119 g/mol. The Labute approximate surface area is 63.8 Å². The van der Waals surface area contributed by atoms with Crippen molar-refractivity contribution in [2.75, 3.05) is 0 Å². The van der Waals surface area contributed by atoms with Crippen LogP contribution in [0.4, 0.5) is 0 Å². The van der Waals surface area contributed by atoms with Crippen LogP contribution in [0.2, 0.25) is 19.5 Å². The monoisotopic (exact) mass is 134 g/mol. The molecule has 2 rings (SSSR count). The molecule has 0 saturated carbocycles. The van der Waals surface area contributed by atoms with Gasteiger partial charge in [0, 0.05) is 0 Å². The van der Waals surface area contributed by atoms with Crippen LogP contribution in [0, 0.1) is 11.8 Å². The fourth-order valence-corrected chi connectivity index (χ4v) is 2.62. The molecule has 1 heterocycles. The van der Waals surface area contributed by atoms with Gasteiger partial charge in [0.05, 0.1) is 0 Å². The maximum atomic E-state index is 2.44. The van der Waals surface area contributed by atoms with Gasteiger partial charge < -0.3 is 0 Å². The van der Waals surface area contributed by atoms with Crippen molar-refractivity contribution in [1.82, 2.24) is 0 Å². The third kappa shape index (κ3) is 1.14. The molecule has 1 heteroatoms. The summed E-state index contributed by atoms with van der Waals surface area (Å²) in [5, 5.41) is 0. The zero-order valence-electron chi connectivity index (χ0n) is 6.72. The van der Waals surface area contributed by atoms with Gasteiger partial charge in [-0.05, 0) is 24.7 Å². The van der Waals surface area contributed by atoms with E-state index in [0.29, 0.717) is 0 Å². The van der Waals surface area contributed by atoms with E-state index in [1.165, 1.54) is 25.5 Å². The summed E-state index contributed by atoms with van der Waals surface area (Å²) in [4.78, 5) is 0. The topological polar surface area (TPSA) is 0 Å². The highest BCUT2D eigenvalue weighted by molar-refractivity contribution is 6.57. The van der Waals surface area contributed by atoms with Crippen molar-refractivity contribution in [1.29, 1.82) is 0 Å². The van der Waals surface area contributed by atoms with Crippen molar-refractivity contribution < 1.29 is 0 Å². The minimum absolute atomic E-state index is 0.947. The summed E-state index contributed by atoms with van der Waals surface area (Å²) in [6, 6.07) is 0. The zero-order chi connectivity index (χ0) is 6.97. The second-order valence-corrected chi connectivity index (χ2v) is 4.10. The summed E-state index contributed by atoms with van der Waals surface area (Å²) >= 11 is 0. The van der Waals surface area contributed by atoms with E-state index in [2.05, 4.69) is 19.0 Å². The lowest BCUT2D eigenvalue weighted by Crippen LogP contribution is -2.26. The summed E-state index contributed by atoms with van der Waals surface area (Å²) in [6.45, 7) is 3.40. The number of fused-ring (bicyclic) bond motifs is 2. The first-order valence-corrected chi connectivity index (χ1v) is 4.51. The molecule has 54 valence electrons. The molecule has 0 N–H and O–H groups in total. The molecule has 2 atom stereocenters. The molecule has 2 bridgehead atoms. The quantitative estimate of drug-likeness (QED) is 0.353. The molecule has 0 aromatic carbocycles. The van der Waals surface area contributed by atoms with Gasteiger partial charge in [-0.2, -0.15) is 0 Å². The van der Waals surface area contributed by atoms with Gasteiger partial charge in [-0.25, -0.2) is 0 Å². The van der Waals surface area contributed by atoms with Crippen molar-refractivity contribution in [2.24, 2.45) is 11.8 Å². The highest BCUT2D eigenvalue weighted by atomic mass is 14.2. The predicted octanol–water partition coefficient (Wildman–Crippen LogP) is 2.71. The van der Waals surface area contributed by atoms with E-state index in [9.17, 15) is 0 Å². The average molecular weight is 134 g/mol. The summed E-state index contributed by atoms with van der Waals surface area (Å²) in [6.07, 6.45) is 10.6. The van der Waals surface area contributed by atoms with Gasteiger partial charge in [0.2, 0.25) is 0 Å². The molecule has 0 aromatic rings. The predicted molar refractivity (Wildman–Crippen MR) is 46.6 cm³/mol. The Hall–Kier alpha value is -0.195. The molecule has 2 unspecified atom stereocenters. The van der Waals surface area contributed by atoms with Gasteiger partial charge in [-0.3, -0.25) is 0 Å². The number of hydrogen-bond donors (Lipinski definition) is 0. The molecule has 2 aliphatic rings. The van der Waals surface area contributed by atoms with E-state index in [1.54, 1.807) is 0 Å². The van der Waals surface area contributed by atoms with Crippen molar-refractivity contribution in [3.8, 4) is 0 Å². The molecular formula is C9H15B. The van der Waals surface area contributed by atoms with E-state index in [1.807, 2.05) is 0 Å². The first-order chi connectivity index (χ1) is 4.84. The molecule has 0 amide bonds. The maximum Gasteiger partial charge on any atom is 0.137 e. The van der Waals surface area contributed by atoms with Crippen LogP contribution < -0.4 is 0 Å². The van der Waals surface area contributed by atoms with Gasteiger partial charge in [-0.1, -0.05) is 31.6 Å². The largest absolute Gasteiger partial charge is 0.137 e. The highest BCUT2D eigenvalue weighted by Crippen LogP contribution is 2.36. The van der Waals surface area contributed by atoms with E-state index >= 15 is 0 Å². The first-order valence-electron chi connectivity index (χ1n) is 4.51. The molecule has 0 aromatic heterocycles. The lowest BCUT2D eigenvalue weighted by atomic mass is 9.38. The lowest BCUT2D eigenvalue weighted by molar-refractivity contribution is 0.422. The Morgan fingerprint density at radius 3 is 3.10 bits per heavy atom. The summed E-state index contributed by atoms with van der Waals surface area (Å²) < 4.78 is 0. The van der Waals surface area contributed by atoms with Crippen LogP contribution in [-0.2, 0) is 0 Å². The fourth-order valence-electron chi connectivity index (χ4n) is 2.62. The molecule has 1 aliphatic carbocycles. The van der Waals surface area contributed by atoms with Crippen LogP contribution in [-0.4, -0.2) is 6.71 Å². The molecule has 1 fully saturated rings. The van der Waals surface area contributed by atoms with Gasteiger partial charge in [0.15, 0.2) is 0 Å². The van der Waals surface area contributed by atoms with E-state index < -0.39 is 0 Å². The van der Waals surface area contributed by atoms with Gasteiger partial charge >= 0.3 is 0 Å². The lowest BCUT2D eigenvalue weighted by Gasteiger charge is -2.32. The van der Waals surface area contributed by atoms with Crippen LogP contribution in [0.3, 0.4) is 0 Å². The second kappa shape index (κ2) is 2.45. The Balaban J connectivity index is 2.09. The van der Waals surface area contributed by atoms with Crippen LogP contribution >= 0.6 is 0 Å². The van der Waals surface area contributed by atoms with Crippen LogP contribution in [0.1, 0.15) is 12.8 Å². The molecule has 10 heavy (non-hydrogen) atoms. The first kappa shape index (κ1) is 6.51. The van der Waals surface area contributed by atoms with Crippen LogP contribution in [0.15, 0.2) is 12.2 Å². The maximum absolute atomic E-state index is 2.44. The third-order valence-corrected chi connectivity index (χ3v) is 2.95. The fraction of sp³-hybridized carbons (Fsp3) is 0.778. The van der Waals surface area contributed by atoms with Gasteiger partial charge in [-0.15, -0.1) is 0 Å². The number of hydrogen-bond acceptors (Lipinski definition) is 0. The van der Waals surface area contributed by atoms with Crippen molar-refractivity contribution >= 4 is 6.71 Å². The average Bonchev–Trinajstić information content (AvgIpc) is 1.85. The SMILES string of the molecule is CB1CC2C=CCC(C1)C2. The number of rotatable bonds is 0. The smallest absolute Gasteiger partial charge is 0.0880 e.